The number of methoxy groups -OCH3 is 2. The largest absolute Gasteiger partial charge is 0.496 e. The average Bonchev–Trinajstić information content (AvgIpc) is 3.26. The van der Waals surface area contributed by atoms with E-state index >= 15 is 0 Å². The summed E-state index contributed by atoms with van der Waals surface area (Å²) in [5.74, 6) is 0.332. The van der Waals surface area contributed by atoms with Gasteiger partial charge in [-0.25, -0.2) is 4.39 Å². The van der Waals surface area contributed by atoms with Gasteiger partial charge in [0, 0.05) is 18.0 Å². The molecule has 0 radical (unpaired) electrons. The molecule has 5 rings (SSSR count). The monoisotopic (exact) mass is 493 g/mol. The van der Waals surface area contributed by atoms with Gasteiger partial charge >= 0.3 is 0 Å². The summed E-state index contributed by atoms with van der Waals surface area (Å²) in [7, 11) is 3.16. The van der Waals surface area contributed by atoms with Crippen LogP contribution >= 0.6 is 0 Å². The highest BCUT2D eigenvalue weighted by molar-refractivity contribution is 6.05. The molecule has 1 saturated carbocycles. The summed E-state index contributed by atoms with van der Waals surface area (Å²) in [6.07, 6.45) is 5.20. The van der Waals surface area contributed by atoms with Crippen molar-refractivity contribution in [1.82, 2.24) is 14.8 Å². The Hall–Kier alpha value is -3.55. The van der Waals surface area contributed by atoms with Crippen molar-refractivity contribution >= 4 is 22.7 Å². The van der Waals surface area contributed by atoms with E-state index in [4.69, 9.17) is 9.47 Å². The SMILES string of the molecule is COc1ccc(OC)c2c1cc1n2C[C@](C)(C(=O)NC2CCCCC2)N(Cc2cccc(F)c2)C1=O. The van der Waals surface area contributed by atoms with Crippen LogP contribution in [-0.4, -0.2) is 47.1 Å². The molecule has 2 amide bonds. The Morgan fingerprint density at radius 2 is 1.81 bits per heavy atom. The van der Waals surface area contributed by atoms with E-state index in [1.165, 1.54) is 18.6 Å². The Morgan fingerprint density at radius 1 is 1.08 bits per heavy atom. The summed E-state index contributed by atoms with van der Waals surface area (Å²) < 4.78 is 27.1. The fraction of sp³-hybridized carbons (Fsp3) is 0.429. The van der Waals surface area contributed by atoms with Crippen LogP contribution in [0.15, 0.2) is 42.5 Å². The Balaban J connectivity index is 1.62. The molecular weight excluding hydrogens is 461 g/mol. The van der Waals surface area contributed by atoms with Gasteiger partial charge in [-0.1, -0.05) is 31.4 Å². The lowest BCUT2D eigenvalue weighted by Gasteiger charge is -2.45. The number of aromatic nitrogens is 1. The van der Waals surface area contributed by atoms with E-state index in [0.29, 0.717) is 28.3 Å². The van der Waals surface area contributed by atoms with Crippen LogP contribution in [-0.2, 0) is 17.9 Å². The van der Waals surface area contributed by atoms with Crippen LogP contribution < -0.4 is 14.8 Å². The minimum Gasteiger partial charge on any atom is -0.496 e. The predicted octanol–water partition coefficient (Wildman–Crippen LogP) is 4.66. The number of rotatable bonds is 6. The van der Waals surface area contributed by atoms with Crippen LogP contribution in [0, 0.1) is 5.82 Å². The van der Waals surface area contributed by atoms with Crippen LogP contribution in [0.1, 0.15) is 55.1 Å². The van der Waals surface area contributed by atoms with Gasteiger partial charge in [-0.3, -0.25) is 9.59 Å². The fourth-order valence-electron chi connectivity index (χ4n) is 5.61. The number of ether oxygens (including phenoxy) is 2. The first kappa shape index (κ1) is 24.2. The van der Waals surface area contributed by atoms with Crippen LogP contribution in [0.3, 0.4) is 0 Å². The quantitative estimate of drug-likeness (QED) is 0.542. The summed E-state index contributed by atoms with van der Waals surface area (Å²) in [5, 5.41) is 3.96. The molecule has 0 bridgehead atoms. The Kier molecular flexibility index (Phi) is 6.36. The molecule has 1 aliphatic carbocycles. The molecule has 1 N–H and O–H groups in total. The Labute approximate surface area is 210 Å². The molecule has 0 saturated heterocycles. The molecule has 2 aliphatic rings. The van der Waals surface area contributed by atoms with E-state index < -0.39 is 5.54 Å². The van der Waals surface area contributed by atoms with Gasteiger partial charge in [0.05, 0.1) is 26.3 Å². The first-order valence-corrected chi connectivity index (χ1v) is 12.5. The summed E-state index contributed by atoms with van der Waals surface area (Å²) in [6, 6.07) is 11.6. The van der Waals surface area contributed by atoms with E-state index in [2.05, 4.69) is 5.32 Å². The maximum absolute atomic E-state index is 14.0. The van der Waals surface area contributed by atoms with Gasteiger partial charge in [0.1, 0.15) is 28.5 Å². The molecule has 190 valence electrons. The maximum atomic E-state index is 14.0. The van der Waals surface area contributed by atoms with Crippen molar-refractivity contribution in [2.75, 3.05) is 14.2 Å². The number of hydrogen-bond donors (Lipinski definition) is 1. The minimum atomic E-state index is -1.20. The zero-order valence-electron chi connectivity index (χ0n) is 21.0. The van der Waals surface area contributed by atoms with Crippen molar-refractivity contribution in [2.45, 2.75) is 63.7 Å². The third-order valence-corrected chi connectivity index (χ3v) is 7.61. The zero-order valence-corrected chi connectivity index (χ0v) is 21.0. The highest BCUT2D eigenvalue weighted by Crippen LogP contribution is 2.40. The van der Waals surface area contributed by atoms with Crippen LogP contribution in [0.25, 0.3) is 10.9 Å². The highest BCUT2D eigenvalue weighted by atomic mass is 19.1. The van der Waals surface area contributed by atoms with Crippen LogP contribution in [0.4, 0.5) is 4.39 Å². The average molecular weight is 494 g/mol. The third-order valence-electron chi connectivity index (χ3n) is 7.61. The molecular formula is C28H32FN3O4. The van der Waals surface area contributed by atoms with Gasteiger partial charge in [0.2, 0.25) is 5.91 Å². The molecule has 1 aromatic heterocycles. The number of amides is 2. The van der Waals surface area contributed by atoms with Crippen LogP contribution in [0.5, 0.6) is 11.5 Å². The maximum Gasteiger partial charge on any atom is 0.271 e. The molecule has 2 aromatic carbocycles. The summed E-state index contributed by atoms with van der Waals surface area (Å²) in [4.78, 5) is 29.5. The number of benzene rings is 2. The number of nitrogens with one attached hydrogen (secondary N) is 1. The molecule has 1 atom stereocenters. The summed E-state index contributed by atoms with van der Waals surface area (Å²) in [5.41, 5.74) is 0.572. The van der Waals surface area contributed by atoms with Gasteiger partial charge in [-0.2, -0.15) is 0 Å². The number of nitrogens with zero attached hydrogens (tertiary/aromatic N) is 2. The number of halogens is 1. The van der Waals surface area contributed by atoms with Crippen molar-refractivity contribution in [3.63, 3.8) is 0 Å². The van der Waals surface area contributed by atoms with Gasteiger partial charge in [-0.05, 0) is 55.7 Å². The van der Waals surface area contributed by atoms with Crippen LogP contribution in [0.2, 0.25) is 0 Å². The van der Waals surface area contributed by atoms with Gasteiger partial charge in [0.15, 0.2) is 0 Å². The first-order valence-electron chi connectivity index (χ1n) is 12.5. The minimum absolute atomic E-state index is 0.0895. The Bertz CT molecular complexity index is 1310. The van der Waals surface area contributed by atoms with E-state index in [1.807, 2.05) is 4.57 Å². The molecule has 0 unspecified atom stereocenters. The molecule has 2 heterocycles. The second-order valence-electron chi connectivity index (χ2n) is 9.95. The molecule has 1 aliphatic heterocycles. The standard InChI is InChI=1S/C28H32FN3O4/c1-28(27(34)30-20-10-5-4-6-11-20)17-31-22(15-21-23(35-2)12-13-24(36-3)25(21)31)26(33)32(28)16-18-8-7-9-19(29)14-18/h7-9,12-15,20H,4-6,10-11,16-17H2,1-3H3,(H,30,34)/t28-/m1/s1. The van der Waals surface area contributed by atoms with Gasteiger partial charge in [0.25, 0.3) is 5.91 Å². The number of carbonyl (C=O) groups is 2. The smallest absolute Gasteiger partial charge is 0.271 e. The second-order valence-corrected chi connectivity index (χ2v) is 9.95. The summed E-state index contributed by atoms with van der Waals surface area (Å²) in [6.45, 7) is 2.14. The van der Waals surface area contributed by atoms with Crippen molar-refractivity contribution in [3.8, 4) is 11.5 Å². The zero-order chi connectivity index (χ0) is 25.4. The van der Waals surface area contributed by atoms with E-state index in [0.717, 1.165) is 31.1 Å². The van der Waals surface area contributed by atoms with Crippen molar-refractivity contribution < 1.29 is 23.5 Å². The number of hydrogen-bond acceptors (Lipinski definition) is 4. The van der Waals surface area contributed by atoms with Gasteiger partial charge in [-0.15, -0.1) is 0 Å². The molecule has 0 spiro atoms. The van der Waals surface area contributed by atoms with E-state index in [1.54, 1.807) is 56.4 Å². The molecule has 8 heteroatoms. The van der Waals surface area contributed by atoms with E-state index in [9.17, 15) is 14.0 Å². The lowest BCUT2D eigenvalue weighted by molar-refractivity contribution is -0.134. The highest BCUT2D eigenvalue weighted by Gasteiger charge is 2.48. The topological polar surface area (TPSA) is 72.8 Å². The number of fused-ring (bicyclic) bond motifs is 3. The van der Waals surface area contributed by atoms with E-state index in [-0.39, 0.29) is 36.8 Å². The first-order chi connectivity index (χ1) is 17.4. The molecule has 1 fully saturated rings. The van der Waals surface area contributed by atoms with Crippen molar-refractivity contribution in [1.29, 1.82) is 0 Å². The second kappa shape index (κ2) is 9.48. The lowest BCUT2D eigenvalue weighted by Crippen LogP contribution is -2.64. The van der Waals surface area contributed by atoms with Gasteiger partial charge < -0.3 is 24.3 Å². The van der Waals surface area contributed by atoms with Crippen molar-refractivity contribution in [3.05, 3.63) is 59.5 Å². The predicted molar refractivity (Wildman–Crippen MR) is 135 cm³/mol. The Morgan fingerprint density at radius 3 is 2.50 bits per heavy atom. The normalized spacial score (nSPS) is 20.3. The molecule has 36 heavy (non-hydrogen) atoms. The molecule has 3 aromatic rings. The third kappa shape index (κ3) is 4.08. The van der Waals surface area contributed by atoms with Crippen molar-refractivity contribution in [2.24, 2.45) is 0 Å². The summed E-state index contributed by atoms with van der Waals surface area (Å²) >= 11 is 0. The molecule has 7 nitrogen and oxygen atoms in total. The number of carbonyl (C=O) groups excluding carboxylic acids is 2. The lowest BCUT2D eigenvalue weighted by atomic mass is 9.91. The fourth-order valence-corrected chi connectivity index (χ4v) is 5.61.